The number of aromatic nitrogens is 4. The minimum atomic E-state index is -0.146. The van der Waals surface area contributed by atoms with Crippen LogP contribution in [0.3, 0.4) is 0 Å². The van der Waals surface area contributed by atoms with Crippen LogP contribution in [0, 0.1) is 6.92 Å². The molecule has 2 aromatic heterocycles. The number of rotatable bonds is 2. The summed E-state index contributed by atoms with van der Waals surface area (Å²) in [6.07, 6.45) is 1.62. The Balaban J connectivity index is 1.61. The molecule has 0 bridgehead atoms. The first kappa shape index (κ1) is 17.7. The number of ether oxygens (including phenoxy) is 1. The first-order valence-electron chi connectivity index (χ1n) is 10.1. The van der Waals surface area contributed by atoms with Gasteiger partial charge in [0.15, 0.2) is 11.5 Å². The van der Waals surface area contributed by atoms with Crippen molar-refractivity contribution in [3.63, 3.8) is 0 Å². The van der Waals surface area contributed by atoms with Crippen molar-refractivity contribution in [1.82, 2.24) is 19.6 Å². The first-order chi connectivity index (χ1) is 15.2. The maximum atomic E-state index is 9.99. The Hall–Kier alpha value is -4.19. The van der Waals surface area contributed by atoms with Crippen molar-refractivity contribution in [3.8, 4) is 28.8 Å². The molecule has 0 fully saturated rings. The molecule has 1 N–H and O–H groups in total. The van der Waals surface area contributed by atoms with Crippen LogP contribution in [0.5, 0.6) is 17.4 Å². The van der Waals surface area contributed by atoms with E-state index < -0.39 is 0 Å². The summed E-state index contributed by atoms with van der Waals surface area (Å²) in [6, 6.07) is 23.5. The molecule has 31 heavy (non-hydrogen) atoms. The van der Waals surface area contributed by atoms with Crippen LogP contribution in [0.1, 0.15) is 28.2 Å². The number of hydrogen-bond acceptors (Lipinski definition) is 5. The number of phenols is 1. The van der Waals surface area contributed by atoms with E-state index in [-0.39, 0.29) is 11.7 Å². The fourth-order valence-electron chi connectivity index (χ4n) is 4.12. The van der Waals surface area contributed by atoms with E-state index in [1.54, 1.807) is 23.0 Å². The summed E-state index contributed by atoms with van der Waals surface area (Å²) in [5.74, 6) is 1.71. The van der Waals surface area contributed by atoms with E-state index in [0.29, 0.717) is 23.1 Å². The van der Waals surface area contributed by atoms with Crippen molar-refractivity contribution in [2.75, 3.05) is 0 Å². The Kier molecular flexibility index (Phi) is 3.80. The normalized spacial score (nSPS) is 14.7. The second kappa shape index (κ2) is 6.67. The van der Waals surface area contributed by atoms with Gasteiger partial charge < -0.3 is 9.84 Å². The zero-order valence-corrected chi connectivity index (χ0v) is 16.7. The van der Waals surface area contributed by atoms with Crippen molar-refractivity contribution >= 4 is 5.65 Å². The van der Waals surface area contributed by atoms with Crippen molar-refractivity contribution in [3.05, 3.63) is 101 Å². The highest BCUT2D eigenvalue weighted by atomic mass is 16.5. The number of aryl methyl sites for hydroxylation is 1. The lowest BCUT2D eigenvalue weighted by molar-refractivity contribution is 0.422. The van der Waals surface area contributed by atoms with Crippen molar-refractivity contribution in [2.45, 2.75) is 12.8 Å². The molecule has 1 aliphatic heterocycles. The standard InChI is InChI=1S/C25H18N4O2/c1-15-7-9-17(10-8-15)23-27-24-22-21(16-5-3-2-4-6-16)19-12-11-18(30)13-20(19)31-25(22)26-14-29(24)28-23/h2-14,21,30H,1H3. The van der Waals surface area contributed by atoms with Gasteiger partial charge in [-0.1, -0.05) is 66.2 Å². The molecule has 0 spiro atoms. The highest BCUT2D eigenvalue weighted by Crippen LogP contribution is 2.48. The molecule has 0 aliphatic carbocycles. The maximum absolute atomic E-state index is 9.99. The zero-order chi connectivity index (χ0) is 20.9. The molecule has 1 unspecified atom stereocenters. The van der Waals surface area contributed by atoms with Gasteiger partial charge in [0.1, 0.15) is 17.8 Å². The van der Waals surface area contributed by atoms with Gasteiger partial charge in [0.05, 0.1) is 5.56 Å². The fraction of sp³-hybridized carbons (Fsp3) is 0.0800. The summed E-state index contributed by atoms with van der Waals surface area (Å²) in [4.78, 5) is 9.40. The average Bonchev–Trinajstić information content (AvgIpc) is 3.23. The van der Waals surface area contributed by atoms with Gasteiger partial charge in [-0.05, 0) is 18.6 Å². The lowest BCUT2D eigenvalue weighted by atomic mass is 9.84. The van der Waals surface area contributed by atoms with E-state index in [4.69, 9.17) is 9.72 Å². The Morgan fingerprint density at radius 3 is 2.58 bits per heavy atom. The second-order valence-corrected chi connectivity index (χ2v) is 7.70. The molecule has 6 heteroatoms. The summed E-state index contributed by atoms with van der Waals surface area (Å²) in [5.41, 5.74) is 5.73. The molecule has 1 atom stereocenters. The fourth-order valence-corrected chi connectivity index (χ4v) is 4.12. The quantitative estimate of drug-likeness (QED) is 0.434. The van der Waals surface area contributed by atoms with E-state index >= 15 is 0 Å². The smallest absolute Gasteiger partial charge is 0.228 e. The number of fused-ring (bicyclic) bond motifs is 4. The van der Waals surface area contributed by atoms with Crippen LogP contribution in [0.15, 0.2) is 79.1 Å². The predicted octanol–water partition coefficient (Wildman–Crippen LogP) is 5.09. The predicted molar refractivity (Wildman–Crippen MR) is 117 cm³/mol. The molecular formula is C25H18N4O2. The molecule has 6 nitrogen and oxygen atoms in total. The number of phenolic OH excluding ortho intramolecular Hbond substituents is 1. The van der Waals surface area contributed by atoms with E-state index in [9.17, 15) is 5.11 Å². The Labute approximate surface area is 178 Å². The van der Waals surface area contributed by atoms with Crippen LogP contribution < -0.4 is 4.74 Å². The third kappa shape index (κ3) is 2.84. The van der Waals surface area contributed by atoms with Gasteiger partial charge in [0.2, 0.25) is 5.88 Å². The average molecular weight is 406 g/mol. The SMILES string of the molecule is Cc1ccc(-c2nc3c4c(ncn3n2)Oc2cc(O)ccc2C4c2ccccc2)cc1. The first-order valence-corrected chi connectivity index (χ1v) is 10.1. The van der Waals surface area contributed by atoms with Gasteiger partial charge in [-0.15, -0.1) is 5.10 Å². The van der Waals surface area contributed by atoms with E-state index in [2.05, 4.69) is 29.1 Å². The van der Waals surface area contributed by atoms with Crippen LogP contribution in [0.25, 0.3) is 17.0 Å². The van der Waals surface area contributed by atoms with Gasteiger partial charge in [-0.2, -0.15) is 0 Å². The Bertz CT molecular complexity index is 1430. The van der Waals surface area contributed by atoms with Gasteiger partial charge in [0, 0.05) is 23.1 Å². The maximum Gasteiger partial charge on any atom is 0.228 e. The largest absolute Gasteiger partial charge is 0.508 e. The van der Waals surface area contributed by atoms with Crippen molar-refractivity contribution in [2.24, 2.45) is 0 Å². The van der Waals surface area contributed by atoms with Crippen LogP contribution in [-0.2, 0) is 0 Å². The van der Waals surface area contributed by atoms with Gasteiger partial charge in [-0.25, -0.2) is 14.5 Å². The number of hydrogen-bond donors (Lipinski definition) is 1. The van der Waals surface area contributed by atoms with Crippen molar-refractivity contribution < 1.29 is 9.84 Å². The summed E-state index contributed by atoms with van der Waals surface area (Å²) in [6.45, 7) is 2.05. The molecular weight excluding hydrogens is 388 g/mol. The van der Waals surface area contributed by atoms with E-state index in [1.165, 1.54) is 5.56 Å². The Morgan fingerprint density at radius 2 is 1.77 bits per heavy atom. The molecule has 0 radical (unpaired) electrons. The van der Waals surface area contributed by atoms with Crippen LogP contribution in [0.4, 0.5) is 0 Å². The summed E-state index contributed by atoms with van der Waals surface area (Å²) in [5, 5.41) is 14.7. The number of aromatic hydroxyl groups is 1. The monoisotopic (exact) mass is 406 g/mol. The van der Waals surface area contributed by atoms with Gasteiger partial charge >= 0.3 is 0 Å². The molecule has 5 aromatic rings. The van der Waals surface area contributed by atoms with Gasteiger partial charge in [0.25, 0.3) is 0 Å². The summed E-state index contributed by atoms with van der Waals surface area (Å²) < 4.78 is 7.80. The van der Waals surface area contributed by atoms with Crippen LogP contribution in [0.2, 0.25) is 0 Å². The summed E-state index contributed by atoms with van der Waals surface area (Å²) >= 11 is 0. The molecule has 3 aromatic carbocycles. The van der Waals surface area contributed by atoms with Crippen LogP contribution in [-0.4, -0.2) is 24.7 Å². The molecule has 6 rings (SSSR count). The van der Waals surface area contributed by atoms with E-state index in [1.807, 2.05) is 48.5 Å². The highest BCUT2D eigenvalue weighted by Gasteiger charge is 2.33. The van der Waals surface area contributed by atoms with Crippen molar-refractivity contribution in [1.29, 1.82) is 0 Å². The lowest BCUT2D eigenvalue weighted by Crippen LogP contribution is -2.14. The number of benzene rings is 3. The lowest BCUT2D eigenvalue weighted by Gasteiger charge is -2.27. The third-order valence-electron chi connectivity index (χ3n) is 5.63. The topological polar surface area (TPSA) is 72.5 Å². The highest BCUT2D eigenvalue weighted by molar-refractivity contribution is 5.68. The molecule has 3 heterocycles. The molecule has 150 valence electrons. The number of nitrogens with zero attached hydrogens (tertiary/aromatic N) is 4. The molecule has 0 amide bonds. The molecule has 0 saturated carbocycles. The van der Waals surface area contributed by atoms with Crippen LogP contribution >= 0.6 is 0 Å². The minimum absolute atomic E-state index is 0.146. The Morgan fingerprint density at radius 1 is 0.968 bits per heavy atom. The van der Waals surface area contributed by atoms with E-state index in [0.717, 1.165) is 22.3 Å². The second-order valence-electron chi connectivity index (χ2n) is 7.70. The molecule has 1 aliphatic rings. The minimum Gasteiger partial charge on any atom is -0.508 e. The zero-order valence-electron chi connectivity index (χ0n) is 16.7. The summed E-state index contributed by atoms with van der Waals surface area (Å²) in [7, 11) is 0. The molecule has 0 saturated heterocycles. The van der Waals surface area contributed by atoms with Gasteiger partial charge in [-0.3, -0.25) is 0 Å². The third-order valence-corrected chi connectivity index (χ3v) is 5.63.